The Hall–Kier alpha value is -2.55. The van der Waals surface area contributed by atoms with E-state index in [1.54, 1.807) is 0 Å². The van der Waals surface area contributed by atoms with Crippen molar-refractivity contribution >= 4 is 19.7 Å². The maximum absolute atomic E-state index is 13.6. The number of ether oxygens (including phenoxy) is 1. The lowest BCUT2D eigenvalue weighted by Gasteiger charge is -2.30. The number of phosphoric acid groups is 1. The minimum Gasteiger partial charge on any atom is -0.756 e. The lowest BCUT2D eigenvalue weighted by atomic mass is 10.0. The van der Waals surface area contributed by atoms with Gasteiger partial charge in [0.2, 0.25) is 5.91 Å². The van der Waals surface area contributed by atoms with Crippen LogP contribution in [0.2, 0.25) is 0 Å². The molecule has 0 aliphatic rings. The van der Waals surface area contributed by atoms with Gasteiger partial charge in [-0.3, -0.25) is 14.2 Å². The number of allylic oxidation sites excluding steroid dienone is 11. The molecule has 10 heteroatoms. The van der Waals surface area contributed by atoms with Crippen LogP contribution in [0.4, 0.5) is 0 Å². The van der Waals surface area contributed by atoms with Crippen LogP contribution >= 0.6 is 7.82 Å². The Bertz CT molecular complexity index is 1680. The third-order valence-electron chi connectivity index (χ3n) is 16.2. The second kappa shape index (κ2) is 64.4. The molecule has 1 amide bonds. The van der Waals surface area contributed by atoms with E-state index in [2.05, 4.69) is 86.8 Å². The molecular weight excluding hydrogens is 1070 g/mol. The number of hydrogen-bond donors (Lipinski definition) is 1. The third kappa shape index (κ3) is 65.7. The fraction of sp³-hybridized carbons (Fsp3) is 0.813. The molecule has 0 aliphatic heterocycles. The Balaban J connectivity index is 4.98. The number of rotatable bonds is 66. The van der Waals surface area contributed by atoms with Crippen LogP contribution in [0.15, 0.2) is 72.9 Å². The number of likely N-dealkylation sites (N-methyl/N-ethyl adjacent to an activating group) is 1. The first-order chi connectivity index (χ1) is 41.4. The van der Waals surface area contributed by atoms with E-state index in [0.29, 0.717) is 17.4 Å². The Morgan fingerprint density at radius 3 is 1.13 bits per heavy atom. The molecule has 85 heavy (non-hydrogen) atoms. The standard InChI is InChI=1S/C75H139N2O7P/c1-7-10-13-16-19-22-25-27-29-31-33-35-36-37-38-39-40-42-44-46-48-50-53-56-59-62-65-68-75(79)84-73(66-63-60-57-54-51-24-21-18-15-12-9-3)72(71-83-85(80,81)82-70-69-77(4,5)6)76-74(78)67-64-61-58-55-52-49-47-45-43-41-34-32-30-28-26-23-20-17-14-11-8-2/h10,13,19,22,27,29,33,35,37-38,63,66,72-73H,7-9,11-12,14-18,20-21,23-26,28,30-32,34,36,39-62,64-65,67-71H2,1-6H3,(H-,76,78,80,81)/b13-10-,22-19-,29-27-,35-33-,38-37-,66-63+. The SMILES string of the molecule is CC/C=C\C/C=C\C/C=C\C/C=C\C/C=C\CCCCCCCCCCCCCC(=O)OC(/C=C/CCCCCCCCCCC)C(COP(=O)([O-])OCC[N+](C)(C)C)NC(=O)CCCCCCCCCCCCCCCCCCCCCCC. The zero-order valence-corrected chi connectivity index (χ0v) is 57.7. The molecular formula is C75H139N2O7P. The number of carbonyl (C=O) groups excluding carboxylic acids is 2. The summed E-state index contributed by atoms with van der Waals surface area (Å²) in [5.74, 6) is -0.532. The largest absolute Gasteiger partial charge is 0.756 e. The van der Waals surface area contributed by atoms with E-state index in [9.17, 15) is 19.0 Å². The summed E-state index contributed by atoms with van der Waals surface area (Å²) in [5, 5.41) is 3.05. The highest BCUT2D eigenvalue weighted by Gasteiger charge is 2.27. The first-order valence-electron chi connectivity index (χ1n) is 36.2. The number of nitrogens with zero attached hydrogens (tertiary/aromatic N) is 1. The topological polar surface area (TPSA) is 114 Å². The number of phosphoric ester groups is 1. The van der Waals surface area contributed by atoms with Crippen LogP contribution in [0, 0.1) is 0 Å². The van der Waals surface area contributed by atoms with Crippen molar-refractivity contribution in [1.82, 2.24) is 5.32 Å². The van der Waals surface area contributed by atoms with E-state index in [4.69, 9.17) is 13.8 Å². The van der Waals surface area contributed by atoms with Crippen molar-refractivity contribution in [3.05, 3.63) is 72.9 Å². The van der Waals surface area contributed by atoms with E-state index in [1.165, 1.54) is 218 Å². The van der Waals surface area contributed by atoms with Crippen molar-refractivity contribution in [1.29, 1.82) is 0 Å². The number of carbonyl (C=O) groups is 2. The predicted molar refractivity (Wildman–Crippen MR) is 367 cm³/mol. The molecule has 0 heterocycles. The van der Waals surface area contributed by atoms with E-state index >= 15 is 0 Å². The highest BCUT2D eigenvalue weighted by atomic mass is 31.2. The van der Waals surface area contributed by atoms with E-state index in [-0.39, 0.29) is 31.5 Å². The van der Waals surface area contributed by atoms with Crippen molar-refractivity contribution in [2.75, 3.05) is 40.9 Å². The maximum Gasteiger partial charge on any atom is 0.306 e. The number of amides is 1. The average molecular weight is 1210 g/mol. The minimum absolute atomic E-state index is 0.0225. The van der Waals surface area contributed by atoms with Crippen molar-refractivity contribution in [3.8, 4) is 0 Å². The summed E-state index contributed by atoms with van der Waals surface area (Å²) in [6.45, 7) is 6.77. The van der Waals surface area contributed by atoms with Crippen molar-refractivity contribution < 1.29 is 37.3 Å². The van der Waals surface area contributed by atoms with Crippen LogP contribution in [-0.2, 0) is 27.9 Å². The van der Waals surface area contributed by atoms with Crippen molar-refractivity contribution in [2.24, 2.45) is 0 Å². The highest BCUT2D eigenvalue weighted by Crippen LogP contribution is 2.38. The predicted octanol–water partition coefficient (Wildman–Crippen LogP) is 22.5. The van der Waals surface area contributed by atoms with Gasteiger partial charge < -0.3 is 28.5 Å². The van der Waals surface area contributed by atoms with Crippen LogP contribution in [0.5, 0.6) is 0 Å². The minimum atomic E-state index is -4.70. The zero-order valence-electron chi connectivity index (χ0n) is 56.8. The molecule has 0 aromatic heterocycles. The maximum atomic E-state index is 13.6. The Labute approximate surface area is 527 Å². The van der Waals surface area contributed by atoms with Crippen LogP contribution in [0.3, 0.4) is 0 Å². The van der Waals surface area contributed by atoms with Gasteiger partial charge in [0.1, 0.15) is 19.3 Å². The summed E-state index contributed by atoms with van der Waals surface area (Å²) < 4.78 is 30.4. The lowest BCUT2D eigenvalue weighted by Crippen LogP contribution is -2.47. The Morgan fingerprint density at radius 2 is 0.753 bits per heavy atom. The van der Waals surface area contributed by atoms with Gasteiger partial charge in [-0.15, -0.1) is 0 Å². The number of esters is 1. The fourth-order valence-electron chi connectivity index (χ4n) is 10.6. The molecule has 0 spiro atoms. The van der Waals surface area contributed by atoms with Gasteiger partial charge in [0, 0.05) is 12.8 Å². The summed E-state index contributed by atoms with van der Waals surface area (Å²) >= 11 is 0. The molecule has 0 saturated heterocycles. The van der Waals surface area contributed by atoms with E-state index < -0.39 is 20.0 Å². The fourth-order valence-corrected chi connectivity index (χ4v) is 11.3. The Morgan fingerprint density at radius 1 is 0.424 bits per heavy atom. The molecule has 0 fully saturated rings. The van der Waals surface area contributed by atoms with E-state index in [1.807, 2.05) is 33.3 Å². The molecule has 1 N–H and O–H groups in total. The number of quaternary nitrogens is 1. The third-order valence-corrected chi connectivity index (χ3v) is 17.1. The lowest BCUT2D eigenvalue weighted by molar-refractivity contribution is -0.870. The molecule has 496 valence electrons. The summed E-state index contributed by atoms with van der Waals surface area (Å²) in [5.41, 5.74) is 0. The smallest absolute Gasteiger partial charge is 0.306 e. The summed E-state index contributed by atoms with van der Waals surface area (Å²) in [6.07, 6.45) is 84.6. The molecule has 0 rings (SSSR count). The van der Waals surface area contributed by atoms with Crippen LogP contribution in [0.25, 0.3) is 0 Å². The van der Waals surface area contributed by atoms with Gasteiger partial charge in [-0.1, -0.05) is 325 Å². The molecule has 0 aliphatic carbocycles. The van der Waals surface area contributed by atoms with Gasteiger partial charge in [-0.05, 0) is 76.7 Å². The van der Waals surface area contributed by atoms with E-state index in [0.717, 1.165) is 89.9 Å². The highest BCUT2D eigenvalue weighted by molar-refractivity contribution is 7.45. The summed E-state index contributed by atoms with van der Waals surface area (Å²) in [6, 6.07) is -0.890. The van der Waals surface area contributed by atoms with Gasteiger partial charge in [0.15, 0.2) is 0 Å². The molecule has 0 aromatic carbocycles. The van der Waals surface area contributed by atoms with Crippen molar-refractivity contribution in [2.45, 2.75) is 354 Å². The van der Waals surface area contributed by atoms with Gasteiger partial charge in [-0.25, -0.2) is 0 Å². The molecule has 9 nitrogen and oxygen atoms in total. The van der Waals surface area contributed by atoms with Crippen LogP contribution in [0.1, 0.15) is 342 Å². The van der Waals surface area contributed by atoms with Crippen LogP contribution < -0.4 is 10.2 Å². The quantitative estimate of drug-likeness (QED) is 0.0212. The monoisotopic (exact) mass is 1210 g/mol. The molecule has 3 atom stereocenters. The summed E-state index contributed by atoms with van der Waals surface area (Å²) in [7, 11) is 1.19. The molecule has 0 saturated carbocycles. The second-order valence-electron chi connectivity index (χ2n) is 25.7. The molecule has 3 unspecified atom stereocenters. The first kappa shape index (κ1) is 82.5. The molecule has 0 bridgehead atoms. The molecule has 0 aromatic rings. The van der Waals surface area contributed by atoms with Crippen LogP contribution in [-0.4, -0.2) is 69.4 Å². The van der Waals surface area contributed by atoms with Crippen molar-refractivity contribution in [3.63, 3.8) is 0 Å². The average Bonchev–Trinajstić information content (AvgIpc) is 3.59. The number of nitrogens with one attached hydrogen (secondary N) is 1. The molecule has 0 radical (unpaired) electrons. The van der Waals surface area contributed by atoms with Gasteiger partial charge in [-0.2, -0.15) is 0 Å². The van der Waals surface area contributed by atoms with Gasteiger partial charge in [0.05, 0.1) is 33.8 Å². The van der Waals surface area contributed by atoms with Gasteiger partial charge >= 0.3 is 5.97 Å². The number of hydrogen-bond acceptors (Lipinski definition) is 7. The second-order valence-corrected chi connectivity index (χ2v) is 27.1. The zero-order chi connectivity index (χ0) is 62.1. The van der Waals surface area contributed by atoms with Gasteiger partial charge in [0.25, 0.3) is 7.82 Å². The Kier molecular flexibility index (Phi) is 62.5. The normalized spacial score (nSPS) is 13.9. The first-order valence-corrected chi connectivity index (χ1v) is 37.7. The summed E-state index contributed by atoms with van der Waals surface area (Å²) in [4.78, 5) is 40.2. The number of unbranched alkanes of at least 4 members (excludes halogenated alkanes) is 40.